The van der Waals surface area contributed by atoms with Gasteiger partial charge in [0.05, 0.1) is 12.7 Å². The normalized spacial score (nSPS) is 10.5. The summed E-state index contributed by atoms with van der Waals surface area (Å²) in [5, 5.41) is 18.8. The maximum Gasteiger partial charge on any atom is 0.162 e. The summed E-state index contributed by atoms with van der Waals surface area (Å²) in [5.74, 6) is 0. The Morgan fingerprint density at radius 2 is 2.08 bits per heavy atom. The summed E-state index contributed by atoms with van der Waals surface area (Å²) in [5.41, 5.74) is 0. The van der Waals surface area contributed by atoms with E-state index in [1.807, 2.05) is 6.20 Å². The molecule has 0 aliphatic carbocycles. The van der Waals surface area contributed by atoms with Crippen molar-refractivity contribution >= 4 is 0 Å². The molecule has 0 radical (unpaired) electrons. The molecule has 2 rings (SSSR count). The van der Waals surface area contributed by atoms with Crippen LogP contribution in [-0.4, -0.2) is 35.2 Å². The Morgan fingerprint density at radius 3 is 2.77 bits per heavy atom. The minimum atomic E-state index is 0.750. The average Bonchev–Trinajstić information content (AvgIpc) is 2.75. The lowest BCUT2D eigenvalue weighted by atomic mass is 10.4. The summed E-state index contributed by atoms with van der Waals surface area (Å²) >= 11 is 0. The molecular formula is C6H9N7. The van der Waals surface area contributed by atoms with Gasteiger partial charge in [0.25, 0.3) is 0 Å². The van der Waals surface area contributed by atoms with Crippen LogP contribution >= 0.6 is 0 Å². The van der Waals surface area contributed by atoms with Crippen molar-refractivity contribution in [1.82, 2.24) is 35.2 Å². The number of hydrogen-bond acceptors (Lipinski definition) is 5. The fourth-order valence-corrected chi connectivity index (χ4v) is 1.02. The number of nitrogens with zero attached hydrogens (tertiary/aromatic N) is 7. The lowest BCUT2D eigenvalue weighted by Gasteiger charge is -1.98. The Bertz CT molecular complexity index is 290. The smallest absolute Gasteiger partial charge is 0.162 e. The molecule has 0 amide bonds. The van der Waals surface area contributed by atoms with Gasteiger partial charge in [-0.25, -0.2) is 0 Å². The van der Waals surface area contributed by atoms with E-state index < -0.39 is 0 Å². The molecule has 0 saturated carbocycles. The summed E-state index contributed by atoms with van der Waals surface area (Å²) < 4.78 is 1.77. The predicted octanol–water partition coefficient (Wildman–Crippen LogP) is -0.645. The highest BCUT2D eigenvalue weighted by atomic mass is 15.6. The van der Waals surface area contributed by atoms with E-state index in [9.17, 15) is 0 Å². The van der Waals surface area contributed by atoms with Crippen molar-refractivity contribution < 1.29 is 0 Å². The van der Waals surface area contributed by atoms with Crippen LogP contribution in [-0.2, 0) is 13.1 Å². The topological polar surface area (TPSA) is 74.3 Å². The quantitative estimate of drug-likeness (QED) is 0.623. The van der Waals surface area contributed by atoms with Gasteiger partial charge in [0.15, 0.2) is 6.33 Å². The molecule has 0 aliphatic rings. The van der Waals surface area contributed by atoms with E-state index in [1.165, 1.54) is 6.33 Å². The first-order valence-corrected chi connectivity index (χ1v) is 4.00. The van der Waals surface area contributed by atoms with E-state index in [4.69, 9.17) is 0 Å². The summed E-state index contributed by atoms with van der Waals surface area (Å²) in [6.45, 7) is 1.57. The third-order valence-electron chi connectivity index (χ3n) is 1.61. The van der Waals surface area contributed by atoms with E-state index in [1.54, 1.807) is 15.7 Å². The van der Waals surface area contributed by atoms with Crippen molar-refractivity contribution in [2.75, 3.05) is 0 Å². The van der Waals surface area contributed by atoms with Gasteiger partial charge in [0, 0.05) is 12.7 Å². The van der Waals surface area contributed by atoms with Crippen molar-refractivity contribution in [1.29, 1.82) is 0 Å². The molecule has 7 nitrogen and oxygen atoms in total. The fraction of sp³-hybridized carbons (Fsp3) is 0.500. The highest BCUT2D eigenvalue weighted by Crippen LogP contribution is 1.89. The molecule has 68 valence electrons. The van der Waals surface area contributed by atoms with Crippen LogP contribution in [0.15, 0.2) is 18.7 Å². The predicted molar refractivity (Wildman–Crippen MR) is 42.5 cm³/mol. The molecule has 0 bridgehead atoms. The van der Waals surface area contributed by atoms with E-state index in [-0.39, 0.29) is 0 Å². The van der Waals surface area contributed by atoms with Gasteiger partial charge in [-0.15, -0.1) is 15.3 Å². The molecule has 0 N–H and O–H groups in total. The van der Waals surface area contributed by atoms with Gasteiger partial charge in [-0.05, 0) is 11.6 Å². The third-order valence-corrected chi connectivity index (χ3v) is 1.61. The van der Waals surface area contributed by atoms with Crippen molar-refractivity contribution in [2.45, 2.75) is 19.5 Å². The van der Waals surface area contributed by atoms with E-state index >= 15 is 0 Å². The van der Waals surface area contributed by atoms with Gasteiger partial charge in [-0.1, -0.05) is 5.21 Å². The number of hydrogen-bond donors (Lipinski definition) is 0. The summed E-state index contributed by atoms with van der Waals surface area (Å²) in [6, 6.07) is 0. The highest BCUT2D eigenvalue weighted by Gasteiger charge is 1.94. The van der Waals surface area contributed by atoms with Crippen molar-refractivity contribution in [3.63, 3.8) is 0 Å². The molecule has 0 aromatic carbocycles. The van der Waals surface area contributed by atoms with E-state index in [0.29, 0.717) is 0 Å². The zero-order valence-corrected chi connectivity index (χ0v) is 6.98. The zero-order chi connectivity index (χ0) is 8.93. The van der Waals surface area contributed by atoms with Crippen LogP contribution in [0.5, 0.6) is 0 Å². The second kappa shape index (κ2) is 3.74. The Morgan fingerprint density at radius 1 is 1.08 bits per heavy atom. The van der Waals surface area contributed by atoms with Crippen molar-refractivity contribution in [3.05, 3.63) is 18.7 Å². The van der Waals surface area contributed by atoms with Crippen LogP contribution in [0.2, 0.25) is 0 Å². The number of aryl methyl sites for hydroxylation is 2. The lowest BCUT2D eigenvalue weighted by Crippen LogP contribution is -2.07. The van der Waals surface area contributed by atoms with Gasteiger partial charge in [-0.2, -0.15) is 4.80 Å². The van der Waals surface area contributed by atoms with Crippen LogP contribution in [0, 0.1) is 0 Å². The first-order valence-electron chi connectivity index (χ1n) is 4.00. The van der Waals surface area contributed by atoms with E-state index in [2.05, 4.69) is 25.7 Å². The van der Waals surface area contributed by atoms with Gasteiger partial charge >= 0.3 is 0 Å². The SMILES string of the molecule is c1cn(CCCn2ncnn2)nn1. The van der Waals surface area contributed by atoms with Crippen LogP contribution in [0.4, 0.5) is 0 Å². The van der Waals surface area contributed by atoms with Crippen LogP contribution < -0.4 is 0 Å². The summed E-state index contributed by atoms with van der Waals surface area (Å²) in [6.07, 6.45) is 5.83. The average molecular weight is 179 g/mol. The van der Waals surface area contributed by atoms with Gasteiger partial charge < -0.3 is 0 Å². The third kappa shape index (κ3) is 2.08. The monoisotopic (exact) mass is 179 g/mol. The second-order valence-corrected chi connectivity index (χ2v) is 2.55. The van der Waals surface area contributed by atoms with Gasteiger partial charge in [0.2, 0.25) is 0 Å². The molecule has 0 aliphatic heterocycles. The summed E-state index contributed by atoms with van der Waals surface area (Å²) in [7, 11) is 0. The van der Waals surface area contributed by atoms with Gasteiger partial charge in [-0.3, -0.25) is 4.68 Å². The molecule has 0 saturated heterocycles. The molecule has 0 spiro atoms. The molecular weight excluding hydrogens is 170 g/mol. The first-order chi connectivity index (χ1) is 6.45. The largest absolute Gasteiger partial charge is 0.253 e. The van der Waals surface area contributed by atoms with Gasteiger partial charge in [0.1, 0.15) is 0 Å². The molecule has 0 unspecified atom stereocenters. The van der Waals surface area contributed by atoms with Crippen LogP contribution in [0.1, 0.15) is 6.42 Å². The Balaban J connectivity index is 1.76. The minimum Gasteiger partial charge on any atom is -0.253 e. The van der Waals surface area contributed by atoms with Crippen molar-refractivity contribution in [2.24, 2.45) is 0 Å². The fourth-order valence-electron chi connectivity index (χ4n) is 1.02. The Labute approximate surface area is 74.4 Å². The summed E-state index contributed by atoms with van der Waals surface area (Å²) in [4.78, 5) is 1.55. The second-order valence-electron chi connectivity index (χ2n) is 2.55. The molecule has 2 aromatic rings. The molecule has 7 heteroatoms. The maximum atomic E-state index is 3.88. The number of tetrazole rings is 1. The van der Waals surface area contributed by atoms with Crippen molar-refractivity contribution in [3.8, 4) is 0 Å². The highest BCUT2D eigenvalue weighted by molar-refractivity contribution is 4.63. The number of rotatable bonds is 4. The maximum absolute atomic E-state index is 3.88. The number of aromatic nitrogens is 7. The first kappa shape index (κ1) is 7.84. The van der Waals surface area contributed by atoms with Crippen LogP contribution in [0.25, 0.3) is 0 Å². The van der Waals surface area contributed by atoms with Crippen LogP contribution in [0.3, 0.4) is 0 Å². The Hall–Kier alpha value is -1.79. The molecule has 0 atom stereocenters. The Kier molecular flexibility index (Phi) is 2.26. The minimum absolute atomic E-state index is 0.750. The standard InChI is InChI=1S/C6H9N7/c1(3-12-5-2-7-10-12)4-13-9-6-8-11-13/h2,5-6H,1,3-4H2. The zero-order valence-electron chi connectivity index (χ0n) is 6.98. The molecule has 0 fully saturated rings. The molecule has 2 heterocycles. The van der Waals surface area contributed by atoms with E-state index in [0.717, 1.165) is 19.5 Å². The molecule has 2 aromatic heterocycles. The molecule has 13 heavy (non-hydrogen) atoms. The lowest BCUT2D eigenvalue weighted by molar-refractivity contribution is 0.451.